The number of amides is 1. The minimum absolute atomic E-state index is 0.133. The maximum Gasteiger partial charge on any atom is 0.225 e. The number of carbonyl (C=O) groups is 1. The maximum absolute atomic E-state index is 13.5. The predicted octanol–water partition coefficient (Wildman–Crippen LogP) is 1.85. The Hall–Kier alpha value is -1.66. The van der Waals surface area contributed by atoms with Crippen LogP contribution in [0.25, 0.3) is 0 Å². The normalized spacial score (nSPS) is 19.4. The Balaban J connectivity index is 1.80. The van der Waals surface area contributed by atoms with Crippen LogP contribution in [-0.2, 0) is 9.53 Å². The largest absolute Gasteiger partial charge is 0.399 e. The van der Waals surface area contributed by atoms with Gasteiger partial charge in [-0.2, -0.15) is 0 Å². The molecule has 0 spiro atoms. The summed E-state index contributed by atoms with van der Waals surface area (Å²) in [5, 5.41) is 2.56. The molecule has 0 aromatic heterocycles. The fourth-order valence-corrected chi connectivity index (χ4v) is 2.52. The molecule has 3 N–H and O–H groups in total. The summed E-state index contributed by atoms with van der Waals surface area (Å²) in [4.78, 5) is 14.1. The second-order valence-corrected chi connectivity index (χ2v) is 5.34. The Morgan fingerprint density at radius 3 is 3.14 bits per heavy atom. The predicted molar refractivity (Wildman–Crippen MR) is 80.5 cm³/mol. The van der Waals surface area contributed by atoms with Gasteiger partial charge in [-0.15, -0.1) is 0 Å². The van der Waals surface area contributed by atoms with Crippen molar-refractivity contribution in [2.45, 2.75) is 25.4 Å². The van der Waals surface area contributed by atoms with Gasteiger partial charge >= 0.3 is 0 Å². The Morgan fingerprint density at radius 1 is 1.57 bits per heavy atom. The summed E-state index contributed by atoms with van der Waals surface area (Å²) in [5.74, 6) is -0.686. The lowest BCUT2D eigenvalue weighted by Gasteiger charge is -2.31. The standard InChI is InChI=1S/C15H22FN3O2/c1-21-12-3-2-7-19(10-12)8-6-15(20)18-14-9-11(17)4-5-13(14)16/h4-5,9,12H,2-3,6-8,10,17H2,1H3,(H,18,20). The van der Waals surface area contributed by atoms with Gasteiger partial charge in [-0.25, -0.2) is 4.39 Å². The molecule has 1 fully saturated rings. The monoisotopic (exact) mass is 295 g/mol. The molecule has 1 unspecified atom stereocenters. The third-order valence-corrected chi connectivity index (χ3v) is 3.72. The summed E-state index contributed by atoms with van der Waals surface area (Å²) < 4.78 is 18.9. The first-order valence-corrected chi connectivity index (χ1v) is 7.18. The lowest BCUT2D eigenvalue weighted by Crippen LogP contribution is -2.40. The molecule has 1 saturated heterocycles. The van der Waals surface area contributed by atoms with Crippen molar-refractivity contribution in [1.29, 1.82) is 0 Å². The number of nitrogens with one attached hydrogen (secondary N) is 1. The van der Waals surface area contributed by atoms with Gasteiger partial charge in [0, 0.05) is 32.3 Å². The minimum atomic E-state index is -0.477. The molecule has 6 heteroatoms. The second kappa shape index (κ2) is 7.38. The first-order valence-electron chi connectivity index (χ1n) is 7.18. The summed E-state index contributed by atoms with van der Waals surface area (Å²) in [6.07, 6.45) is 2.70. The summed E-state index contributed by atoms with van der Waals surface area (Å²) in [6, 6.07) is 4.14. The highest BCUT2D eigenvalue weighted by Crippen LogP contribution is 2.18. The van der Waals surface area contributed by atoms with Crippen LogP contribution in [-0.4, -0.2) is 43.7 Å². The van der Waals surface area contributed by atoms with Crippen molar-refractivity contribution >= 4 is 17.3 Å². The van der Waals surface area contributed by atoms with Gasteiger partial charge in [0.15, 0.2) is 0 Å². The number of anilines is 2. The molecule has 1 aliphatic heterocycles. The number of methoxy groups -OCH3 is 1. The number of hydrogen-bond donors (Lipinski definition) is 2. The van der Waals surface area contributed by atoms with Crippen LogP contribution in [0.2, 0.25) is 0 Å². The van der Waals surface area contributed by atoms with E-state index in [1.807, 2.05) is 0 Å². The highest BCUT2D eigenvalue weighted by atomic mass is 19.1. The van der Waals surface area contributed by atoms with Crippen LogP contribution in [0.15, 0.2) is 18.2 Å². The molecule has 1 atom stereocenters. The van der Waals surface area contributed by atoms with E-state index in [0.29, 0.717) is 18.7 Å². The lowest BCUT2D eigenvalue weighted by molar-refractivity contribution is -0.116. The Kier molecular flexibility index (Phi) is 5.52. The van der Waals surface area contributed by atoms with Crippen LogP contribution in [0.4, 0.5) is 15.8 Å². The molecular weight excluding hydrogens is 273 g/mol. The van der Waals surface area contributed by atoms with Gasteiger partial charge < -0.3 is 20.7 Å². The molecule has 21 heavy (non-hydrogen) atoms. The smallest absolute Gasteiger partial charge is 0.225 e. The number of nitrogen functional groups attached to an aromatic ring is 1. The molecule has 0 aliphatic carbocycles. The zero-order valence-electron chi connectivity index (χ0n) is 12.3. The molecule has 0 radical (unpaired) electrons. The van der Waals surface area contributed by atoms with Gasteiger partial charge in [0.05, 0.1) is 11.8 Å². The SMILES string of the molecule is COC1CCCN(CCC(=O)Nc2cc(N)ccc2F)C1. The van der Waals surface area contributed by atoms with Crippen molar-refractivity contribution in [2.24, 2.45) is 0 Å². The summed E-state index contributed by atoms with van der Waals surface area (Å²) in [6.45, 7) is 2.46. The molecule has 116 valence electrons. The van der Waals surface area contributed by atoms with Gasteiger partial charge in [0.25, 0.3) is 0 Å². The van der Waals surface area contributed by atoms with E-state index in [2.05, 4.69) is 10.2 Å². The van der Waals surface area contributed by atoms with E-state index in [9.17, 15) is 9.18 Å². The van der Waals surface area contributed by atoms with Gasteiger partial charge in [-0.3, -0.25) is 4.79 Å². The van der Waals surface area contributed by atoms with Crippen LogP contribution < -0.4 is 11.1 Å². The zero-order chi connectivity index (χ0) is 15.2. The zero-order valence-corrected chi connectivity index (χ0v) is 12.3. The molecule has 0 bridgehead atoms. The summed E-state index contributed by atoms with van der Waals surface area (Å²) >= 11 is 0. The highest BCUT2D eigenvalue weighted by Gasteiger charge is 2.19. The number of benzene rings is 1. The third-order valence-electron chi connectivity index (χ3n) is 3.72. The van der Waals surface area contributed by atoms with Crippen LogP contribution in [0.3, 0.4) is 0 Å². The number of likely N-dealkylation sites (tertiary alicyclic amines) is 1. The van der Waals surface area contributed by atoms with Gasteiger partial charge in [-0.1, -0.05) is 0 Å². The molecular formula is C15H22FN3O2. The van der Waals surface area contributed by atoms with E-state index >= 15 is 0 Å². The first kappa shape index (κ1) is 15.7. The lowest BCUT2D eigenvalue weighted by atomic mass is 10.1. The van der Waals surface area contributed by atoms with Gasteiger partial charge in [0.1, 0.15) is 5.82 Å². The summed E-state index contributed by atoms with van der Waals surface area (Å²) in [7, 11) is 1.71. The molecule has 5 nitrogen and oxygen atoms in total. The van der Waals surface area contributed by atoms with E-state index in [0.717, 1.165) is 25.9 Å². The molecule has 1 aromatic carbocycles. The average Bonchev–Trinajstić information content (AvgIpc) is 2.49. The van der Waals surface area contributed by atoms with E-state index in [-0.39, 0.29) is 17.7 Å². The van der Waals surface area contributed by atoms with Crippen molar-refractivity contribution in [3.8, 4) is 0 Å². The number of rotatable bonds is 5. The second-order valence-electron chi connectivity index (χ2n) is 5.34. The van der Waals surface area contributed by atoms with Crippen molar-refractivity contribution in [1.82, 2.24) is 4.90 Å². The maximum atomic E-state index is 13.5. The Labute approximate surface area is 124 Å². The number of nitrogens with two attached hydrogens (primary N) is 1. The Morgan fingerprint density at radius 2 is 2.38 bits per heavy atom. The number of carbonyl (C=O) groups excluding carboxylic acids is 1. The van der Waals surface area contributed by atoms with Gasteiger partial charge in [0.2, 0.25) is 5.91 Å². The summed E-state index contributed by atoms with van der Waals surface area (Å²) in [5.41, 5.74) is 6.14. The minimum Gasteiger partial charge on any atom is -0.399 e. The number of piperidine rings is 1. The molecule has 1 amide bonds. The first-order chi connectivity index (χ1) is 10.1. The highest BCUT2D eigenvalue weighted by molar-refractivity contribution is 5.91. The molecule has 2 rings (SSSR count). The topological polar surface area (TPSA) is 67.6 Å². The van der Waals surface area contributed by atoms with E-state index in [1.165, 1.54) is 18.2 Å². The van der Waals surface area contributed by atoms with Crippen molar-refractivity contribution in [3.63, 3.8) is 0 Å². The van der Waals surface area contributed by atoms with Crippen LogP contribution >= 0.6 is 0 Å². The molecule has 1 aliphatic rings. The molecule has 1 heterocycles. The third kappa shape index (κ3) is 4.68. The van der Waals surface area contributed by atoms with Crippen LogP contribution in [0.5, 0.6) is 0 Å². The van der Waals surface area contributed by atoms with Crippen molar-refractivity contribution in [3.05, 3.63) is 24.0 Å². The van der Waals surface area contributed by atoms with Crippen molar-refractivity contribution in [2.75, 3.05) is 37.8 Å². The number of ether oxygens (including phenoxy) is 1. The number of nitrogens with zero attached hydrogens (tertiary/aromatic N) is 1. The number of hydrogen-bond acceptors (Lipinski definition) is 4. The number of halogens is 1. The van der Waals surface area contributed by atoms with Gasteiger partial charge in [-0.05, 0) is 37.6 Å². The van der Waals surface area contributed by atoms with Crippen LogP contribution in [0, 0.1) is 5.82 Å². The van der Waals surface area contributed by atoms with E-state index in [1.54, 1.807) is 7.11 Å². The van der Waals surface area contributed by atoms with E-state index < -0.39 is 5.82 Å². The Bertz CT molecular complexity index is 496. The molecule has 1 aromatic rings. The fourth-order valence-electron chi connectivity index (χ4n) is 2.52. The van der Waals surface area contributed by atoms with Crippen LogP contribution in [0.1, 0.15) is 19.3 Å². The van der Waals surface area contributed by atoms with Crippen molar-refractivity contribution < 1.29 is 13.9 Å². The molecule has 0 saturated carbocycles. The fraction of sp³-hybridized carbons (Fsp3) is 0.533. The van der Waals surface area contributed by atoms with E-state index in [4.69, 9.17) is 10.5 Å². The quantitative estimate of drug-likeness (QED) is 0.814. The average molecular weight is 295 g/mol.